The second kappa shape index (κ2) is 3.85. The van der Waals surface area contributed by atoms with Crippen molar-refractivity contribution in [2.45, 2.75) is 6.92 Å². The van der Waals surface area contributed by atoms with Crippen LogP contribution < -0.4 is 0 Å². The standard InChI is InChI=1S/C2H5BOPS/c1-2-4-5(3)6/h2H2,1H3. The summed E-state index contributed by atoms with van der Waals surface area (Å²) in [4.78, 5) is 0. The van der Waals surface area contributed by atoms with Crippen LogP contribution in [-0.2, 0) is 16.8 Å². The third-order valence-corrected chi connectivity index (χ3v) is 1.09. The molecule has 33 valence electrons. The SMILES string of the molecule is [B]=[P+]([S-])OCC. The normalized spacial score (nSPS) is 11.2. The molecule has 0 amide bonds. The molecule has 1 nitrogen and oxygen atoms in total. The van der Waals surface area contributed by atoms with E-state index in [1.165, 1.54) is 0 Å². The van der Waals surface area contributed by atoms with Crippen molar-refractivity contribution in [3.8, 4) is 0 Å². The van der Waals surface area contributed by atoms with Crippen LogP contribution in [0.1, 0.15) is 6.92 Å². The molecule has 0 aliphatic heterocycles. The second-order valence-electron chi connectivity index (χ2n) is 0.703. The van der Waals surface area contributed by atoms with E-state index in [4.69, 9.17) is 11.7 Å². The molecule has 0 rings (SSSR count). The summed E-state index contributed by atoms with van der Waals surface area (Å²) in [6, 6.07) is 0. The molecule has 0 heterocycles. The van der Waals surface area contributed by atoms with E-state index < -0.39 is 6.84 Å². The van der Waals surface area contributed by atoms with Crippen molar-refractivity contribution in [3.05, 3.63) is 0 Å². The third kappa shape index (κ3) is 4.67. The van der Waals surface area contributed by atoms with Crippen LogP contribution in [0.4, 0.5) is 0 Å². The van der Waals surface area contributed by atoms with Crippen LogP contribution in [0.5, 0.6) is 0 Å². The second-order valence-corrected chi connectivity index (χ2v) is 2.61. The van der Waals surface area contributed by atoms with Gasteiger partial charge in [-0.15, -0.1) is 0 Å². The van der Waals surface area contributed by atoms with Crippen molar-refractivity contribution >= 4 is 26.3 Å². The molecule has 0 fully saturated rings. The first kappa shape index (κ1) is 6.67. The first-order valence-corrected chi connectivity index (χ1v) is 3.96. The Hall–Kier alpha value is 0.675. The first-order chi connectivity index (χ1) is 2.77. The van der Waals surface area contributed by atoms with Crippen molar-refractivity contribution in [2.24, 2.45) is 0 Å². The first-order valence-electron chi connectivity index (χ1n) is 1.62. The van der Waals surface area contributed by atoms with E-state index in [9.17, 15) is 0 Å². The Kier molecular flexibility index (Phi) is 4.28. The number of rotatable bonds is 2. The molecule has 0 N–H and O–H groups in total. The Morgan fingerprint density at radius 1 is 2.00 bits per heavy atom. The molecule has 0 bridgehead atoms. The topological polar surface area (TPSA) is 9.23 Å². The fraction of sp³-hybridized carbons (Fsp3) is 1.00. The van der Waals surface area contributed by atoms with E-state index in [0.29, 0.717) is 6.61 Å². The van der Waals surface area contributed by atoms with Gasteiger partial charge in [-0.2, -0.15) is 0 Å². The predicted molar refractivity (Wildman–Crippen MR) is 31.7 cm³/mol. The van der Waals surface area contributed by atoms with Gasteiger partial charge < -0.3 is 0 Å². The Morgan fingerprint density at radius 3 is 2.50 bits per heavy atom. The van der Waals surface area contributed by atoms with Crippen molar-refractivity contribution in [1.29, 1.82) is 0 Å². The van der Waals surface area contributed by atoms with Gasteiger partial charge >= 0.3 is 44.3 Å². The molecule has 1 atom stereocenters. The van der Waals surface area contributed by atoms with Crippen LogP contribution in [0.2, 0.25) is 0 Å². The quantitative estimate of drug-likeness (QED) is 0.304. The molecule has 0 saturated carbocycles. The van der Waals surface area contributed by atoms with Crippen LogP contribution in [0.25, 0.3) is 0 Å². The maximum atomic E-state index is 5.06. The summed E-state index contributed by atoms with van der Waals surface area (Å²) >= 11 is 4.50. The fourth-order valence-corrected chi connectivity index (χ4v) is 0.698. The van der Waals surface area contributed by atoms with Crippen molar-refractivity contribution in [2.75, 3.05) is 6.61 Å². The molecule has 0 aliphatic rings. The van der Waals surface area contributed by atoms with Crippen LogP contribution in [0, 0.1) is 0 Å². The molecular formula is C2H5BOPS. The fourth-order valence-electron chi connectivity index (χ4n) is 0.127. The zero-order valence-electron chi connectivity index (χ0n) is 3.55. The van der Waals surface area contributed by atoms with Gasteiger partial charge in [0, 0.05) is 0 Å². The van der Waals surface area contributed by atoms with E-state index in [2.05, 4.69) is 12.2 Å². The zero-order valence-corrected chi connectivity index (χ0v) is 5.26. The summed E-state index contributed by atoms with van der Waals surface area (Å²) < 4.78 is 4.70. The average molecular weight is 119 g/mol. The van der Waals surface area contributed by atoms with Crippen LogP contribution >= 0.6 is 6.84 Å². The van der Waals surface area contributed by atoms with Gasteiger partial charge in [0.15, 0.2) is 0 Å². The molecule has 1 unspecified atom stereocenters. The molecule has 6 heavy (non-hydrogen) atoms. The molecule has 4 heteroatoms. The van der Waals surface area contributed by atoms with Gasteiger partial charge in [-0.05, 0) is 0 Å². The molecular weight excluding hydrogens is 114 g/mol. The summed E-state index contributed by atoms with van der Waals surface area (Å²) in [6.45, 7) is 1.48. The van der Waals surface area contributed by atoms with E-state index in [0.717, 1.165) is 0 Å². The summed E-state index contributed by atoms with van der Waals surface area (Å²) in [5.74, 6) is 0. The average Bonchev–Trinajstić information content (AvgIpc) is 1.35. The monoisotopic (exact) mass is 119 g/mol. The Morgan fingerprint density at radius 2 is 2.50 bits per heavy atom. The molecule has 0 aliphatic carbocycles. The van der Waals surface area contributed by atoms with Gasteiger partial charge in [-0.3, -0.25) is 0 Å². The van der Waals surface area contributed by atoms with Crippen molar-refractivity contribution in [1.82, 2.24) is 0 Å². The minimum atomic E-state index is -1.02. The molecule has 1 radical (unpaired) electrons. The number of hydrogen-bond donors (Lipinski definition) is 0. The van der Waals surface area contributed by atoms with Gasteiger partial charge in [-0.25, -0.2) is 0 Å². The summed E-state index contributed by atoms with van der Waals surface area (Å²) in [5.41, 5.74) is 0. The minimum absolute atomic E-state index is 0.631. The van der Waals surface area contributed by atoms with Crippen molar-refractivity contribution < 1.29 is 4.52 Å². The van der Waals surface area contributed by atoms with Crippen LogP contribution in [0.3, 0.4) is 0 Å². The Balaban J connectivity index is 2.83. The summed E-state index contributed by atoms with van der Waals surface area (Å²) in [5, 5.41) is 0. The van der Waals surface area contributed by atoms with E-state index >= 15 is 0 Å². The van der Waals surface area contributed by atoms with Gasteiger partial charge in [-0.1, -0.05) is 0 Å². The van der Waals surface area contributed by atoms with Gasteiger partial charge in [0.05, 0.1) is 0 Å². The van der Waals surface area contributed by atoms with Gasteiger partial charge in [0.2, 0.25) is 0 Å². The summed E-state index contributed by atoms with van der Waals surface area (Å²) in [7, 11) is 5.06. The Labute approximate surface area is 45.0 Å². The molecule has 0 aromatic heterocycles. The van der Waals surface area contributed by atoms with Crippen LogP contribution in [0.15, 0.2) is 0 Å². The summed E-state index contributed by atoms with van der Waals surface area (Å²) in [6.07, 6.45) is 0. The molecule has 0 spiro atoms. The molecule has 0 aromatic carbocycles. The Bertz CT molecular complexity index is 57.5. The third-order valence-electron chi connectivity index (χ3n) is 0.256. The van der Waals surface area contributed by atoms with E-state index in [-0.39, 0.29) is 0 Å². The van der Waals surface area contributed by atoms with Crippen molar-refractivity contribution in [3.63, 3.8) is 0 Å². The van der Waals surface area contributed by atoms with E-state index in [1.54, 1.807) is 0 Å². The predicted octanol–water partition coefficient (Wildman–Crippen LogP) is 0.965. The van der Waals surface area contributed by atoms with Gasteiger partial charge in [0.25, 0.3) is 0 Å². The zero-order chi connectivity index (χ0) is 4.99. The number of hydrogen-bond acceptors (Lipinski definition) is 2. The molecule has 0 saturated heterocycles. The van der Waals surface area contributed by atoms with E-state index in [1.807, 2.05) is 6.92 Å². The van der Waals surface area contributed by atoms with Crippen LogP contribution in [-0.4, -0.2) is 13.8 Å². The van der Waals surface area contributed by atoms with Gasteiger partial charge in [0.1, 0.15) is 0 Å². The molecule has 0 aromatic rings. The maximum absolute atomic E-state index is 5.06.